The van der Waals surface area contributed by atoms with E-state index in [0.717, 1.165) is 4.88 Å². The molecule has 0 aliphatic heterocycles. The number of nitrogens with one attached hydrogen (secondary N) is 2. The third-order valence-electron chi connectivity index (χ3n) is 3.78. The van der Waals surface area contributed by atoms with Crippen molar-refractivity contribution in [3.8, 4) is 0 Å². The maximum atomic E-state index is 12.6. The Morgan fingerprint density at radius 1 is 1.07 bits per heavy atom. The van der Waals surface area contributed by atoms with Crippen LogP contribution in [-0.2, 0) is 16.6 Å². The van der Waals surface area contributed by atoms with Gasteiger partial charge in [0.1, 0.15) is 4.90 Å². The summed E-state index contributed by atoms with van der Waals surface area (Å²) in [6, 6.07) is 14.4. The number of aryl methyl sites for hydroxylation is 1. The van der Waals surface area contributed by atoms with Crippen molar-refractivity contribution < 1.29 is 13.2 Å². The molecule has 1 heterocycles. The van der Waals surface area contributed by atoms with Crippen molar-refractivity contribution in [2.75, 3.05) is 4.72 Å². The summed E-state index contributed by atoms with van der Waals surface area (Å²) in [6.45, 7) is 2.41. The number of hydrogen-bond donors (Lipinski definition) is 2. The zero-order valence-corrected chi connectivity index (χ0v) is 17.8. The minimum Gasteiger partial charge on any atom is -0.347 e. The van der Waals surface area contributed by atoms with Gasteiger partial charge in [0.2, 0.25) is 0 Å². The quantitative estimate of drug-likeness (QED) is 0.544. The van der Waals surface area contributed by atoms with Gasteiger partial charge in [0, 0.05) is 26.0 Å². The maximum absolute atomic E-state index is 12.6. The standard InChI is InChI=1S/C19H16Cl2N2O3S2/c1-12-5-7-16(27-12)11-22-19(24)13-3-2-4-15(9-13)23-28(25,26)18-10-14(20)6-8-17(18)21/h2-10,23H,11H2,1H3,(H,22,24). The second-order valence-corrected chi connectivity index (χ2v) is 9.82. The van der Waals surface area contributed by atoms with Crippen LogP contribution in [0.4, 0.5) is 5.69 Å². The van der Waals surface area contributed by atoms with Gasteiger partial charge < -0.3 is 5.32 Å². The van der Waals surface area contributed by atoms with Gasteiger partial charge in [-0.1, -0.05) is 29.3 Å². The second kappa shape index (κ2) is 8.53. The second-order valence-electron chi connectivity index (χ2n) is 5.96. The Bertz CT molecular complexity index is 1130. The number of anilines is 1. The van der Waals surface area contributed by atoms with Crippen LogP contribution < -0.4 is 10.0 Å². The van der Waals surface area contributed by atoms with Crippen molar-refractivity contribution in [1.29, 1.82) is 0 Å². The van der Waals surface area contributed by atoms with Crippen molar-refractivity contribution in [3.63, 3.8) is 0 Å². The molecule has 0 aliphatic rings. The number of carbonyl (C=O) groups is 1. The summed E-state index contributed by atoms with van der Waals surface area (Å²) in [5.41, 5.74) is 0.585. The highest BCUT2D eigenvalue weighted by Gasteiger charge is 2.19. The van der Waals surface area contributed by atoms with E-state index >= 15 is 0 Å². The van der Waals surface area contributed by atoms with Crippen LogP contribution >= 0.6 is 34.5 Å². The van der Waals surface area contributed by atoms with E-state index in [1.165, 1.54) is 29.1 Å². The first kappa shape index (κ1) is 20.7. The van der Waals surface area contributed by atoms with Crippen molar-refractivity contribution in [1.82, 2.24) is 5.32 Å². The number of benzene rings is 2. The van der Waals surface area contributed by atoms with Crippen LogP contribution in [0.3, 0.4) is 0 Å². The SMILES string of the molecule is Cc1ccc(CNC(=O)c2cccc(NS(=O)(=O)c3cc(Cl)ccc3Cl)c2)s1. The molecule has 2 N–H and O–H groups in total. The fraction of sp³-hybridized carbons (Fsp3) is 0.105. The first-order chi connectivity index (χ1) is 13.2. The van der Waals surface area contributed by atoms with Gasteiger partial charge in [0.15, 0.2) is 0 Å². The normalized spacial score (nSPS) is 11.2. The molecule has 1 amide bonds. The van der Waals surface area contributed by atoms with Gasteiger partial charge in [0.25, 0.3) is 15.9 Å². The molecule has 0 spiro atoms. The molecular weight excluding hydrogens is 439 g/mol. The molecule has 9 heteroatoms. The van der Waals surface area contributed by atoms with Crippen LogP contribution in [0.25, 0.3) is 0 Å². The maximum Gasteiger partial charge on any atom is 0.263 e. The number of rotatable bonds is 6. The van der Waals surface area contributed by atoms with E-state index < -0.39 is 10.0 Å². The van der Waals surface area contributed by atoms with Crippen LogP contribution in [-0.4, -0.2) is 14.3 Å². The van der Waals surface area contributed by atoms with E-state index in [9.17, 15) is 13.2 Å². The molecule has 0 unspecified atom stereocenters. The van der Waals surface area contributed by atoms with E-state index in [2.05, 4.69) is 10.0 Å². The molecule has 2 aromatic carbocycles. The molecule has 0 aliphatic carbocycles. The smallest absolute Gasteiger partial charge is 0.263 e. The van der Waals surface area contributed by atoms with Crippen LogP contribution in [0, 0.1) is 6.92 Å². The predicted molar refractivity (Wildman–Crippen MR) is 114 cm³/mol. The van der Waals surface area contributed by atoms with E-state index in [0.29, 0.717) is 12.1 Å². The van der Waals surface area contributed by atoms with E-state index in [-0.39, 0.29) is 26.5 Å². The van der Waals surface area contributed by atoms with E-state index in [1.807, 2.05) is 19.1 Å². The third-order valence-corrected chi connectivity index (χ3v) is 6.88. The summed E-state index contributed by atoms with van der Waals surface area (Å²) in [7, 11) is -3.96. The molecule has 5 nitrogen and oxygen atoms in total. The molecule has 3 aromatic rings. The molecule has 0 saturated heterocycles. The van der Waals surface area contributed by atoms with Crippen LogP contribution in [0.5, 0.6) is 0 Å². The summed E-state index contributed by atoms with van der Waals surface area (Å²) in [5.74, 6) is -0.298. The summed E-state index contributed by atoms with van der Waals surface area (Å²) < 4.78 is 27.7. The van der Waals surface area contributed by atoms with Crippen LogP contribution in [0.15, 0.2) is 59.5 Å². The lowest BCUT2D eigenvalue weighted by Crippen LogP contribution is -2.22. The van der Waals surface area contributed by atoms with Crippen molar-refractivity contribution in [2.24, 2.45) is 0 Å². The fourth-order valence-electron chi connectivity index (χ4n) is 2.47. The topological polar surface area (TPSA) is 75.3 Å². The number of carbonyl (C=O) groups excluding carboxylic acids is 1. The van der Waals surface area contributed by atoms with Crippen molar-refractivity contribution in [2.45, 2.75) is 18.4 Å². The molecule has 0 atom stereocenters. The Kier molecular flexibility index (Phi) is 6.30. The Morgan fingerprint density at radius 2 is 1.86 bits per heavy atom. The lowest BCUT2D eigenvalue weighted by atomic mass is 10.2. The summed E-state index contributed by atoms with van der Waals surface area (Å²) in [5, 5.41) is 3.13. The number of amides is 1. The zero-order valence-electron chi connectivity index (χ0n) is 14.7. The molecule has 0 saturated carbocycles. The van der Waals surface area contributed by atoms with Gasteiger partial charge in [-0.05, 0) is 55.5 Å². The first-order valence-electron chi connectivity index (χ1n) is 8.16. The van der Waals surface area contributed by atoms with E-state index in [1.54, 1.807) is 29.5 Å². The fourth-order valence-corrected chi connectivity index (χ4v) is 5.11. The number of halogens is 2. The Labute approximate surface area is 177 Å². The van der Waals surface area contributed by atoms with Crippen molar-refractivity contribution in [3.05, 3.63) is 80.0 Å². The van der Waals surface area contributed by atoms with Gasteiger partial charge in [-0.25, -0.2) is 8.42 Å². The molecule has 0 bridgehead atoms. The zero-order chi connectivity index (χ0) is 20.3. The summed E-state index contributed by atoms with van der Waals surface area (Å²) in [4.78, 5) is 14.5. The average Bonchev–Trinajstić information content (AvgIpc) is 3.07. The summed E-state index contributed by atoms with van der Waals surface area (Å²) >= 11 is 13.5. The molecule has 3 rings (SSSR count). The first-order valence-corrected chi connectivity index (χ1v) is 11.2. The highest BCUT2D eigenvalue weighted by Crippen LogP contribution is 2.27. The number of sulfonamides is 1. The lowest BCUT2D eigenvalue weighted by molar-refractivity contribution is 0.0951. The number of hydrogen-bond acceptors (Lipinski definition) is 4. The third kappa shape index (κ3) is 5.05. The van der Waals surface area contributed by atoms with Crippen LogP contribution in [0.1, 0.15) is 20.1 Å². The highest BCUT2D eigenvalue weighted by molar-refractivity contribution is 7.92. The molecule has 28 heavy (non-hydrogen) atoms. The average molecular weight is 455 g/mol. The van der Waals surface area contributed by atoms with Gasteiger partial charge in [-0.2, -0.15) is 0 Å². The highest BCUT2D eigenvalue weighted by atomic mass is 35.5. The Balaban J connectivity index is 1.75. The molecule has 1 aromatic heterocycles. The van der Waals surface area contributed by atoms with Gasteiger partial charge in [0.05, 0.1) is 11.6 Å². The largest absolute Gasteiger partial charge is 0.347 e. The summed E-state index contributed by atoms with van der Waals surface area (Å²) in [6.07, 6.45) is 0. The molecular formula is C19H16Cl2N2O3S2. The Hall–Kier alpha value is -2.06. The predicted octanol–water partition coefficient (Wildman–Crippen LogP) is 5.09. The molecule has 146 valence electrons. The lowest BCUT2D eigenvalue weighted by Gasteiger charge is -2.11. The van der Waals surface area contributed by atoms with Crippen LogP contribution in [0.2, 0.25) is 10.0 Å². The monoisotopic (exact) mass is 454 g/mol. The van der Waals surface area contributed by atoms with Gasteiger partial charge in [-0.15, -0.1) is 11.3 Å². The minimum atomic E-state index is -3.96. The molecule has 0 radical (unpaired) electrons. The van der Waals surface area contributed by atoms with Gasteiger partial charge in [-0.3, -0.25) is 9.52 Å². The number of thiophene rings is 1. The Morgan fingerprint density at radius 3 is 2.57 bits per heavy atom. The van der Waals surface area contributed by atoms with E-state index in [4.69, 9.17) is 23.2 Å². The van der Waals surface area contributed by atoms with Gasteiger partial charge >= 0.3 is 0 Å². The molecule has 0 fully saturated rings. The van der Waals surface area contributed by atoms with Crippen molar-refractivity contribution >= 4 is 56.2 Å². The minimum absolute atomic E-state index is 0.0528.